The number of carbonyl (C=O) groups is 1. The van der Waals surface area contributed by atoms with Gasteiger partial charge in [0.2, 0.25) is 6.79 Å². The van der Waals surface area contributed by atoms with Gasteiger partial charge in [-0.05, 0) is 26.1 Å². The molecule has 0 aromatic heterocycles. The van der Waals surface area contributed by atoms with E-state index in [1.807, 2.05) is 6.92 Å². The van der Waals surface area contributed by atoms with Crippen LogP contribution in [0.5, 0.6) is 11.5 Å². The fraction of sp³-hybridized carbons (Fsp3) is 0.364. The highest BCUT2D eigenvalue weighted by molar-refractivity contribution is 5.99. The van der Waals surface area contributed by atoms with Crippen LogP contribution in [0.15, 0.2) is 12.1 Å². The first-order chi connectivity index (χ1) is 7.24. The Bertz CT molecular complexity index is 401. The number of hydrogen-bond donors (Lipinski definition) is 1. The Kier molecular flexibility index (Phi) is 2.60. The van der Waals surface area contributed by atoms with Gasteiger partial charge in [0.1, 0.15) is 0 Å². The monoisotopic (exact) mass is 207 g/mol. The van der Waals surface area contributed by atoms with Gasteiger partial charge in [-0.25, -0.2) is 0 Å². The lowest BCUT2D eigenvalue weighted by atomic mass is 10.0. The number of carbonyl (C=O) groups excluding carboxylic acids is 1. The van der Waals surface area contributed by atoms with E-state index in [-0.39, 0.29) is 12.6 Å². The number of fused-ring (bicyclic) bond motifs is 1. The van der Waals surface area contributed by atoms with Gasteiger partial charge in [-0.3, -0.25) is 4.79 Å². The van der Waals surface area contributed by atoms with Crippen molar-refractivity contribution in [3.63, 3.8) is 0 Å². The first kappa shape index (κ1) is 9.98. The van der Waals surface area contributed by atoms with Crippen LogP contribution in [0.3, 0.4) is 0 Å². The fourth-order valence-electron chi connectivity index (χ4n) is 1.67. The van der Waals surface area contributed by atoms with Crippen LogP contribution in [0.25, 0.3) is 0 Å². The fourth-order valence-corrected chi connectivity index (χ4v) is 1.67. The SMILES string of the molecule is CNCC(=O)c1ccc2c(c1C)OCO2. The Morgan fingerprint density at radius 1 is 1.47 bits per heavy atom. The quantitative estimate of drug-likeness (QED) is 0.755. The van der Waals surface area contributed by atoms with E-state index in [2.05, 4.69) is 5.32 Å². The van der Waals surface area contributed by atoms with Crippen molar-refractivity contribution in [1.82, 2.24) is 5.32 Å². The summed E-state index contributed by atoms with van der Waals surface area (Å²) in [7, 11) is 1.75. The normalized spacial score (nSPS) is 12.9. The Morgan fingerprint density at radius 2 is 2.27 bits per heavy atom. The number of ketones is 1. The van der Waals surface area contributed by atoms with Gasteiger partial charge >= 0.3 is 0 Å². The number of ether oxygens (including phenoxy) is 2. The van der Waals surface area contributed by atoms with E-state index < -0.39 is 0 Å². The molecule has 1 heterocycles. The van der Waals surface area contributed by atoms with E-state index in [9.17, 15) is 4.79 Å². The van der Waals surface area contributed by atoms with E-state index in [1.165, 1.54) is 0 Å². The third kappa shape index (κ3) is 1.68. The van der Waals surface area contributed by atoms with E-state index in [0.29, 0.717) is 23.6 Å². The lowest BCUT2D eigenvalue weighted by Gasteiger charge is -2.07. The molecule has 1 N–H and O–H groups in total. The van der Waals surface area contributed by atoms with Crippen molar-refractivity contribution in [2.24, 2.45) is 0 Å². The Morgan fingerprint density at radius 3 is 3.00 bits per heavy atom. The predicted octanol–water partition coefficient (Wildman–Crippen LogP) is 1.13. The molecule has 0 radical (unpaired) electrons. The van der Waals surface area contributed by atoms with Crippen molar-refractivity contribution in [2.45, 2.75) is 6.92 Å². The Labute approximate surface area is 88.2 Å². The zero-order valence-corrected chi connectivity index (χ0v) is 8.79. The summed E-state index contributed by atoms with van der Waals surface area (Å²) in [4.78, 5) is 11.7. The van der Waals surface area contributed by atoms with Crippen LogP contribution in [-0.4, -0.2) is 26.2 Å². The molecule has 4 nitrogen and oxygen atoms in total. The molecule has 0 fully saturated rings. The first-order valence-corrected chi connectivity index (χ1v) is 4.81. The molecule has 1 aliphatic rings. The largest absolute Gasteiger partial charge is 0.454 e. The van der Waals surface area contributed by atoms with Gasteiger partial charge < -0.3 is 14.8 Å². The van der Waals surface area contributed by atoms with E-state index in [0.717, 1.165) is 5.56 Å². The van der Waals surface area contributed by atoms with Crippen LogP contribution < -0.4 is 14.8 Å². The second-order valence-corrected chi connectivity index (χ2v) is 3.43. The molecule has 0 atom stereocenters. The molecule has 4 heteroatoms. The van der Waals surface area contributed by atoms with Crippen molar-refractivity contribution in [2.75, 3.05) is 20.4 Å². The van der Waals surface area contributed by atoms with Crippen molar-refractivity contribution < 1.29 is 14.3 Å². The Hall–Kier alpha value is -1.55. The van der Waals surface area contributed by atoms with Crippen LogP contribution in [0.2, 0.25) is 0 Å². The van der Waals surface area contributed by atoms with Crippen molar-refractivity contribution in [1.29, 1.82) is 0 Å². The van der Waals surface area contributed by atoms with Crippen molar-refractivity contribution in [3.05, 3.63) is 23.3 Å². The number of Topliss-reactive ketones (excluding diaryl/α,β-unsaturated/α-hetero) is 1. The minimum Gasteiger partial charge on any atom is -0.454 e. The Balaban J connectivity index is 2.38. The number of hydrogen-bond acceptors (Lipinski definition) is 4. The average molecular weight is 207 g/mol. The van der Waals surface area contributed by atoms with Crippen molar-refractivity contribution >= 4 is 5.78 Å². The number of benzene rings is 1. The van der Waals surface area contributed by atoms with Crippen LogP contribution in [0, 0.1) is 6.92 Å². The lowest BCUT2D eigenvalue weighted by molar-refractivity contribution is 0.0992. The second-order valence-electron chi connectivity index (χ2n) is 3.43. The summed E-state index contributed by atoms with van der Waals surface area (Å²) in [5, 5.41) is 2.84. The summed E-state index contributed by atoms with van der Waals surface area (Å²) in [5.41, 5.74) is 1.54. The van der Waals surface area contributed by atoms with Crippen LogP contribution >= 0.6 is 0 Å². The third-order valence-electron chi connectivity index (χ3n) is 2.43. The molecule has 0 aliphatic carbocycles. The number of likely N-dealkylation sites (N-methyl/N-ethyl adjacent to an activating group) is 1. The summed E-state index contributed by atoms with van der Waals surface area (Å²) in [6, 6.07) is 3.56. The molecule has 1 aromatic rings. The summed E-state index contributed by atoms with van der Waals surface area (Å²) in [6.45, 7) is 2.44. The molecule has 0 saturated heterocycles. The van der Waals surface area contributed by atoms with E-state index >= 15 is 0 Å². The zero-order valence-electron chi connectivity index (χ0n) is 8.79. The van der Waals surface area contributed by atoms with Gasteiger partial charge in [0.05, 0.1) is 6.54 Å². The smallest absolute Gasteiger partial charge is 0.231 e. The summed E-state index contributed by atoms with van der Waals surface area (Å²) < 4.78 is 10.5. The van der Waals surface area contributed by atoms with Gasteiger partial charge in [-0.1, -0.05) is 0 Å². The maximum absolute atomic E-state index is 11.7. The molecular weight excluding hydrogens is 194 g/mol. The van der Waals surface area contributed by atoms with E-state index in [1.54, 1.807) is 19.2 Å². The van der Waals surface area contributed by atoms with Crippen LogP contribution in [-0.2, 0) is 0 Å². The topological polar surface area (TPSA) is 47.6 Å². The lowest BCUT2D eigenvalue weighted by Crippen LogP contribution is -2.19. The first-order valence-electron chi connectivity index (χ1n) is 4.81. The van der Waals surface area contributed by atoms with E-state index in [4.69, 9.17) is 9.47 Å². The number of nitrogens with one attached hydrogen (secondary N) is 1. The maximum atomic E-state index is 11.7. The minimum absolute atomic E-state index is 0.0632. The standard InChI is InChI=1S/C11H13NO3/c1-7-8(9(13)5-12-2)3-4-10-11(7)15-6-14-10/h3-4,12H,5-6H2,1-2H3. The molecule has 0 spiro atoms. The summed E-state index contributed by atoms with van der Waals surface area (Å²) in [5.74, 6) is 1.47. The molecule has 15 heavy (non-hydrogen) atoms. The molecule has 80 valence electrons. The minimum atomic E-state index is 0.0632. The number of rotatable bonds is 3. The molecular formula is C11H13NO3. The third-order valence-corrected chi connectivity index (χ3v) is 2.43. The van der Waals surface area contributed by atoms with Gasteiger partial charge in [-0.15, -0.1) is 0 Å². The highest BCUT2D eigenvalue weighted by Gasteiger charge is 2.20. The molecule has 0 amide bonds. The highest BCUT2D eigenvalue weighted by Crippen LogP contribution is 2.36. The highest BCUT2D eigenvalue weighted by atomic mass is 16.7. The van der Waals surface area contributed by atoms with Crippen LogP contribution in [0.1, 0.15) is 15.9 Å². The molecule has 0 unspecified atom stereocenters. The average Bonchev–Trinajstić information content (AvgIpc) is 2.67. The maximum Gasteiger partial charge on any atom is 0.231 e. The zero-order chi connectivity index (χ0) is 10.8. The summed E-state index contributed by atoms with van der Waals surface area (Å²) >= 11 is 0. The van der Waals surface area contributed by atoms with Gasteiger partial charge in [0, 0.05) is 11.1 Å². The van der Waals surface area contributed by atoms with Crippen molar-refractivity contribution in [3.8, 4) is 11.5 Å². The van der Waals surface area contributed by atoms with Gasteiger partial charge in [0.25, 0.3) is 0 Å². The molecule has 1 aliphatic heterocycles. The van der Waals surface area contributed by atoms with Gasteiger partial charge in [-0.2, -0.15) is 0 Å². The summed E-state index contributed by atoms with van der Waals surface area (Å²) in [6.07, 6.45) is 0. The molecule has 2 rings (SSSR count). The molecule has 0 saturated carbocycles. The van der Waals surface area contributed by atoms with Gasteiger partial charge in [0.15, 0.2) is 17.3 Å². The van der Waals surface area contributed by atoms with Crippen LogP contribution in [0.4, 0.5) is 0 Å². The second kappa shape index (κ2) is 3.90. The molecule has 1 aromatic carbocycles. The predicted molar refractivity (Wildman–Crippen MR) is 55.6 cm³/mol. The molecule has 0 bridgehead atoms.